The van der Waals surface area contributed by atoms with Gasteiger partial charge >= 0.3 is 0 Å². The van der Waals surface area contributed by atoms with E-state index < -0.39 is 0 Å². The number of hydrogen-bond acceptors (Lipinski definition) is 6. The molecule has 0 bridgehead atoms. The molecule has 0 aromatic heterocycles. The predicted octanol–water partition coefficient (Wildman–Crippen LogP) is 3.03. The zero-order valence-electron chi connectivity index (χ0n) is 19.8. The molecule has 3 rings (SSSR count). The Morgan fingerprint density at radius 1 is 0.939 bits per heavy atom. The summed E-state index contributed by atoms with van der Waals surface area (Å²) in [5.41, 5.74) is 3.58. The molecule has 0 atom stereocenters. The molecule has 0 amide bonds. The maximum absolute atomic E-state index is 5.47. The van der Waals surface area contributed by atoms with Crippen LogP contribution in [0.5, 0.6) is 17.2 Å². The van der Waals surface area contributed by atoms with Gasteiger partial charge in [-0.3, -0.25) is 9.89 Å². The smallest absolute Gasteiger partial charge is 0.203 e. The van der Waals surface area contributed by atoms with Crippen molar-refractivity contribution in [3.8, 4) is 17.2 Å². The van der Waals surface area contributed by atoms with E-state index in [-0.39, 0.29) is 24.0 Å². The molecule has 0 radical (unpaired) electrons. The molecule has 0 aliphatic carbocycles. The van der Waals surface area contributed by atoms with Crippen LogP contribution in [0.15, 0.2) is 41.4 Å². The van der Waals surface area contributed by atoms with Crippen LogP contribution in [-0.2, 0) is 24.4 Å². The Hall–Kier alpha value is -2.24. The van der Waals surface area contributed by atoms with Gasteiger partial charge in [-0.15, -0.1) is 24.0 Å². The molecule has 0 saturated carbocycles. The van der Waals surface area contributed by atoms with Crippen molar-refractivity contribution >= 4 is 29.9 Å². The molecular formula is C24H35IN4O4. The van der Waals surface area contributed by atoms with Crippen LogP contribution in [-0.4, -0.2) is 65.5 Å². The maximum Gasteiger partial charge on any atom is 0.203 e. The third-order valence-electron chi connectivity index (χ3n) is 5.47. The number of halogens is 1. The van der Waals surface area contributed by atoms with Crippen molar-refractivity contribution in [2.24, 2.45) is 4.99 Å². The van der Waals surface area contributed by atoms with Gasteiger partial charge in [-0.2, -0.15) is 0 Å². The molecule has 2 N–H and O–H groups in total. The van der Waals surface area contributed by atoms with Crippen molar-refractivity contribution in [1.29, 1.82) is 0 Å². The van der Waals surface area contributed by atoms with Crippen LogP contribution in [0.3, 0.4) is 0 Å². The van der Waals surface area contributed by atoms with Gasteiger partial charge in [-0.05, 0) is 28.8 Å². The average molecular weight is 570 g/mol. The first-order chi connectivity index (χ1) is 15.7. The molecular weight excluding hydrogens is 535 g/mol. The first-order valence-corrected chi connectivity index (χ1v) is 10.8. The van der Waals surface area contributed by atoms with Gasteiger partial charge in [0.1, 0.15) is 0 Å². The number of hydrogen-bond donors (Lipinski definition) is 2. The van der Waals surface area contributed by atoms with Gasteiger partial charge in [-0.25, -0.2) is 0 Å². The van der Waals surface area contributed by atoms with E-state index >= 15 is 0 Å². The standard InChI is InChI=1S/C24H34N4O4.HI/c1-25-24(26-15-18-13-21(29-2)23(31-4)22(14-18)30-3)27-16-19-7-5-6-8-20(19)17-28-9-11-32-12-10-28;/h5-8,13-14H,9-12,15-17H2,1-4H3,(H2,25,26,27);1H. The summed E-state index contributed by atoms with van der Waals surface area (Å²) in [6.45, 7) is 5.73. The normalized spacial score (nSPS) is 14.2. The van der Waals surface area contributed by atoms with Gasteiger partial charge < -0.3 is 29.6 Å². The van der Waals surface area contributed by atoms with Gasteiger partial charge in [0.05, 0.1) is 34.5 Å². The summed E-state index contributed by atoms with van der Waals surface area (Å²) in [7, 11) is 6.60. The fourth-order valence-electron chi connectivity index (χ4n) is 3.71. The number of benzene rings is 2. The number of methoxy groups -OCH3 is 3. The van der Waals surface area contributed by atoms with Gasteiger partial charge in [0.25, 0.3) is 0 Å². The lowest BCUT2D eigenvalue weighted by Crippen LogP contribution is -2.37. The molecule has 0 spiro atoms. The zero-order chi connectivity index (χ0) is 22.8. The summed E-state index contributed by atoms with van der Waals surface area (Å²) in [6, 6.07) is 12.4. The van der Waals surface area contributed by atoms with Crippen LogP contribution in [0.25, 0.3) is 0 Å². The van der Waals surface area contributed by atoms with Crippen LogP contribution < -0.4 is 24.8 Å². The second-order valence-electron chi connectivity index (χ2n) is 7.47. The molecule has 1 fully saturated rings. The fraction of sp³-hybridized carbons (Fsp3) is 0.458. The van der Waals surface area contributed by atoms with E-state index in [1.807, 2.05) is 12.1 Å². The van der Waals surface area contributed by atoms with E-state index in [1.54, 1.807) is 28.4 Å². The van der Waals surface area contributed by atoms with Crippen LogP contribution in [0.1, 0.15) is 16.7 Å². The average Bonchev–Trinajstić information content (AvgIpc) is 2.84. The molecule has 1 aliphatic rings. The lowest BCUT2D eigenvalue weighted by atomic mass is 10.1. The van der Waals surface area contributed by atoms with Gasteiger partial charge in [-0.1, -0.05) is 24.3 Å². The Bertz CT molecular complexity index is 879. The largest absolute Gasteiger partial charge is 0.493 e. The highest BCUT2D eigenvalue weighted by molar-refractivity contribution is 14.0. The molecule has 8 nitrogen and oxygen atoms in total. The first kappa shape index (κ1) is 27.0. The topological polar surface area (TPSA) is 76.6 Å². The van der Waals surface area contributed by atoms with Gasteiger partial charge in [0.2, 0.25) is 5.75 Å². The summed E-state index contributed by atoms with van der Waals surface area (Å²) in [4.78, 5) is 6.79. The van der Waals surface area contributed by atoms with Gasteiger partial charge in [0.15, 0.2) is 17.5 Å². The molecule has 1 saturated heterocycles. The molecule has 2 aromatic rings. The molecule has 9 heteroatoms. The van der Waals surface area contributed by atoms with Crippen molar-refractivity contribution in [2.45, 2.75) is 19.6 Å². The van der Waals surface area contributed by atoms with E-state index in [4.69, 9.17) is 18.9 Å². The molecule has 2 aromatic carbocycles. The van der Waals surface area contributed by atoms with Gasteiger partial charge in [0, 0.05) is 39.8 Å². The summed E-state index contributed by atoms with van der Waals surface area (Å²) in [5.74, 6) is 2.56. The number of aliphatic imine (C=N–C) groups is 1. The first-order valence-electron chi connectivity index (χ1n) is 10.8. The molecule has 182 valence electrons. The number of morpholine rings is 1. The summed E-state index contributed by atoms with van der Waals surface area (Å²) >= 11 is 0. The molecule has 33 heavy (non-hydrogen) atoms. The highest BCUT2D eigenvalue weighted by Gasteiger charge is 2.14. The number of nitrogens with zero attached hydrogens (tertiary/aromatic N) is 2. The van der Waals surface area contributed by atoms with Crippen molar-refractivity contribution < 1.29 is 18.9 Å². The van der Waals surface area contributed by atoms with Crippen LogP contribution in [0.4, 0.5) is 0 Å². The summed E-state index contributed by atoms with van der Waals surface area (Å²) in [6.07, 6.45) is 0. The fourth-order valence-corrected chi connectivity index (χ4v) is 3.71. The number of guanidine groups is 1. The highest BCUT2D eigenvalue weighted by Crippen LogP contribution is 2.38. The zero-order valence-corrected chi connectivity index (χ0v) is 22.2. The third kappa shape index (κ3) is 7.65. The second kappa shape index (κ2) is 14.1. The van der Waals surface area contributed by atoms with Crippen LogP contribution in [0.2, 0.25) is 0 Å². The Labute approximate surface area is 213 Å². The minimum Gasteiger partial charge on any atom is -0.493 e. The predicted molar refractivity (Wildman–Crippen MR) is 141 cm³/mol. The van der Waals surface area contributed by atoms with E-state index in [1.165, 1.54) is 11.1 Å². The van der Waals surface area contributed by atoms with Crippen molar-refractivity contribution in [3.63, 3.8) is 0 Å². The monoisotopic (exact) mass is 570 g/mol. The lowest BCUT2D eigenvalue weighted by molar-refractivity contribution is 0.0341. The SMILES string of the molecule is CN=C(NCc1cc(OC)c(OC)c(OC)c1)NCc1ccccc1CN1CCOCC1.I. The summed E-state index contributed by atoms with van der Waals surface area (Å²) in [5, 5.41) is 6.78. The quantitative estimate of drug-likeness (QED) is 0.273. The molecule has 1 aliphatic heterocycles. The highest BCUT2D eigenvalue weighted by atomic mass is 127. The number of rotatable bonds is 9. The maximum atomic E-state index is 5.47. The van der Waals surface area contributed by atoms with E-state index in [0.717, 1.165) is 44.4 Å². The van der Waals surface area contributed by atoms with Crippen molar-refractivity contribution in [3.05, 3.63) is 53.1 Å². The Kier molecular flexibility index (Phi) is 11.6. The van der Waals surface area contributed by atoms with Crippen LogP contribution >= 0.6 is 24.0 Å². The van der Waals surface area contributed by atoms with Crippen LogP contribution in [0, 0.1) is 0 Å². The van der Waals surface area contributed by atoms with Crippen molar-refractivity contribution in [1.82, 2.24) is 15.5 Å². The van der Waals surface area contributed by atoms with E-state index in [9.17, 15) is 0 Å². The lowest BCUT2D eigenvalue weighted by Gasteiger charge is -2.27. The Morgan fingerprint density at radius 3 is 2.12 bits per heavy atom. The number of nitrogens with one attached hydrogen (secondary N) is 2. The third-order valence-corrected chi connectivity index (χ3v) is 5.47. The summed E-state index contributed by atoms with van der Waals surface area (Å²) < 4.78 is 21.7. The van der Waals surface area contributed by atoms with E-state index in [2.05, 4.69) is 44.8 Å². The minimum atomic E-state index is 0. The van der Waals surface area contributed by atoms with Crippen molar-refractivity contribution in [2.75, 3.05) is 54.7 Å². The molecule has 1 heterocycles. The molecule has 0 unspecified atom stereocenters. The minimum absolute atomic E-state index is 0. The second-order valence-corrected chi connectivity index (χ2v) is 7.47. The Balaban J connectivity index is 0.00000385. The number of ether oxygens (including phenoxy) is 4. The Morgan fingerprint density at radius 2 is 1.55 bits per heavy atom. The van der Waals surface area contributed by atoms with E-state index in [0.29, 0.717) is 30.3 Å².